The van der Waals surface area contributed by atoms with E-state index in [0.717, 1.165) is 12.8 Å². The van der Waals surface area contributed by atoms with Crippen molar-refractivity contribution in [3.8, 4) is 0 Å². The molecule has 2 N–H and O–H groups in total. The normalized spacial score (nSPS) is 11.5. The van der Waals surface area contributed by atoms with E-state index in [-0.39, 0.29) is 29.6 Å². The molecule has 0 rings (SSSR count). The van der Waals surface area contributed by atoms with Crippen LogP contribution in [0.5, 0.6) is 0 Å². The van der Waals surface area contributed by atoms with Crippen molar-refractivity contribution in [1.29, 1.82) is 0 Å². The van der Waals surface area contributed by atoms with Crippen LogP contribution in [-0.4, -0.2) is 46.0 Å². The molecule has 0 amide bonds. The van der Waals surface area contributed by atoms with E-state index in [1.807, 2.05) is 0 Å². The van der Waals surface area contributed by atoms with Gasteiger partial charge in [0.25, 0.3) is 0 Å². The fraction of sp³-hybridized carbons (Fsp3) is 1.00. The molecule has 0 aromatic heterocycles. The van der Waals surface area contributed by atoms with Gasteiger partial charge in [0.2, 0.25) is 0 Å². The first-order valence-corrected chi connectivity index (χ1v) is 12.4. The van der Waals surface area contributed by atoms with Gasteiger partial charge in [-0.1, -0.05) is 103 Å². The second-order valence-electron chi connectivity index (χ2n) is 6.63. The van der Waals surface area contributed by atoms with E-state index >= 15 is 0 Å². The third kappa shape index (κ3) is 25.8. The van der Waals surface area contributed by atoms with E-state index in [1.165, 1.54) is 89.9 Å². The van der Waals surface area contributed by atoms with Crippen LogP contribution >= 0.6 is 6.72 Å². The van der Waals surface area contributed by atoms with E-state index in [9.17, 15) is 0 Å². The van der Waals surface area contributed by atoms with Crippen molar-refractivity contribution >= 4 is 48.1 Å². The average Bonchev–Trinajstić information content (AvgIpc) is 2.49. The van der Waals surface area contributed by atoms with Crippen LogP contribution in [-0.2, 0) is 16.3 Å². The van der Waals surface area contributed by atoms with Crippen molar-refractivity contribution in [2.75, 3.05) is 6.61 Å². The fourth-order valence-electron chi connectivity index (χ4n) is 2.83. The minimum absolute atomic E-state index is 0. The molecule has 0 aliphatic rings. The SMILES string of the molecule is CCCCCCCCCCCCCCCCCCOP(O)(O)=S.[NaH]. The summed E-state index contributed by atoms with van der Waals surface area (Å²) in [7, 11) is 0. The predicted octanol–water partition coefficient (Wildman–Crippen LogP) is 5.83. The molecule has 0 fully saturated rings. The van der Waals surface area contributed by atoms with E-state index in [1.54, 1.807) is 0 Å². The van der Waals surface area contributed by atoms with E-state index in [2.05, 4.69) is 18.7 Å². The molecular weight excluding hydrogens is 350 g/mol. The van der Waals surface area contributed by atoms with Gasteiger partial charge in [0.1, 0.15) is 0 Å². The van der Waals surface area contributed by atoms with Crippen molar-refractivity contribution < 1.29 is 14.3 Å². The summed E-state index contributed by atoms with van der Waals surface area (Å²) in [5, 5.41) is 0. The van der Waals surface area contributed by atoms with Crippen LogP contribution in [0.4, 0.5) is 0 Å². The molecule has 0 aliphatic carbocycles. The molecule has 0 heterocycles. The summed E-state index contributed by atoms with van der Waals surface area (Å²) in [6, 6.07) is 0. The van der Waals surface area contributed by atoms with E-state index in [4.69, 9.17) is 14.3 Å². The second kappa shape index (κ2) is 20.8. The van der Waals surface area contributed by atoms with E-state index in [0.29, 0.717) is 6.61 Å². The van der Waals surface area contributed by atoms with Crippen molar-refractivity contribution in [1.82, 2.24) is 0 Å². The molecule has 0 radical (unpaired) electrons. The van der Waals surface area contributed by atoms with Gasteiger partial charge in [-0.15, -0.1) is 0 Å². The Morgan fingerprint density at radius 2 is 0.917 bits per heavy atom. The maximum atomic E-state index is 8.90. The minimum atomic E-state index is -3.42. The molecule has 0 saturated carbocycles. The van der Waals surface area contributed by atoms with Crippen LogP contribution in [0.1, 0.15) is 110 Å². The Morgan fingerprint density at radius 3 is 1.21 bits per heavy atom. The molecule has 6 heteroatoms. The first-order chi connectivity index (χ1) is 11.1. The van der Waals surface area contributed by atoms with Gasteiger partial charge in [-0.3, -0.25) is 0 Å². The Balaban J connectivity index is 0. The Kier molecular flexibility index (Phi) is 24.1. The number of unbranched alkanes of at least 4 members (excludes halogenated alkanes) is 15. The molecule has 0 spiro atoms. The molecule has 0 saturated heterocycles. The Hall–Kier alpha value is 1.53. The van der Waals surface area contributed by atoms with Gasteiger partial charge in [-0.2, -0.15) is 0 Å². The van der Waals surface area contributed by atoms with Crippen molar-refractivity contribution in [2.45, 2.75) is 110 Å². The van der Waals surface area contributed by atoms with E-state index < -0.39 is 6.72 Å². The van der Waals surface area contributed by atoms with Gasteiger partial charge in [0, 0.05) is 0 Å². The maximum absolute atomic E-state index is 8.90. The van der Waals surface area contributed by atoms with Gasteiger partial charge >= 0.3 is 36.3 Å². The zero-order valence-corrected chi connectivity index (χ0v) is 16.9. The van der Waals surface area contributed by atoms with Crippen molar-refractivity contribution in [3.05, 3.63) is 0 Å². The van der Waals surface area contributed by atoms with Crippen LogP contribution in [0, 0.1) is 0 Å². The zero-order chi connectivity index (χ0) is 17.2. The Bertz CT molecular complexity index is 287. The van der Waals surface area contributed by atoms with Crippen LogP contribution in [0.15, 0.2) is 0 Å². The summed E-state index contributed by atoms with van der Waals surface area (Å²) in [5.74, 6) is 0. The monoisotopic (exact) mass is 390 g/mol. The first kappa shape index (κ1) is 27.7. The molecule has 0 aliphatic heterocycles. The van der Waals surface area contributed by atoms with Crippen molar-refractivity contribution in [2.24, 2.45) is 0 Å². The van der Waals surface area contributed by atoms with Gasteiger partial charge in [-0.25, -0.2) is 0 Å². The summed E-state index contributed by atoms with van der Waals surface area (Å²) in [5.41, 5.74) is 0. The van der Waals surface area contributed by atoms with Gasteiger partial charge < -0.3 is 14.3 Å². The third-order valence-electron chi connectivity index (χ3n) is 4.26. The molecule has 0 unspecified atom stereocenters. The predicted molar refractivity (Wildman–Crippen MR) is 111 cm³/mol. The van der Waals surface area contributed by atoms with Crippen LogP contribution in [0.2, 0.25) is 0 Å². The summed E-state index contributed by atoms with van der Waals surface area (Å²) in [4.78, 5) is 17.8. The summed E-state index contributed by atoms with van der Waals surface area (Å²) < 4.78 is 4.79. The second-order valence-corrected chi connectivity index (χ2v) is 9.29. The quantitative estimate of drug-likeness (QED) is 0.176. The third-order valence-corrected chi connectivity index (χ3v) is 5.09. The molecule has 0 aromatic carbocycles. The summed E-state index contributed by atoms with van der Waals surface area (Å²) in [6.45, 7) is -0.772. The van der Waals surface area contributed by atoms with Gasteiger partial charge in [-0.05, 0) is 18.2 Å². The van der Waals surface area contributed by atoms with Crippen LogP contribution in [0.25, 0.3) is 0 Å². The number of hydrogen-bond donors (Lipinski definition) is 2. The topological polar surface area (TPSA) is 49.7 Å². The fourth-order valence-corrected chi connectivity index (χ4v) is 3.42. The van der Waals surface area contributed by atoms with Crippen molar-refractivity contribution in [3.63, 3.8) is 0 Å². The van der Waals surface area contributed by atoms with Gasteiger partial charge in [0.15, 0.2) is 0 Å². The zero-order valence-electron chi connectivity index (χ0n) is 15.2. The van der Waals surface area contributed by atoms with Gasteiger partial charge in [0.05, 0.1) is 6.61 Å². The standard InChI is InChI=1S/C18H39O3PS.Na.H/c1-2-3-4-5-6-7-8-9-10-11-12-13-14-15-16-17-18-21-22(19,20)23;;/h2-18H2,1H3,(H2,19,20,23);;. The molecule has 24 heavy (non-hydrogen) atoms. The number of rotatable bonds is 18. The molecular formula is C18H40NaO3PS. The summed E-state index contributed by atoms with van der Waals surface area (Å²) in [6.07, 6.45) is 21.3. The molecule has 142 valence electrons. The first-order valence-electron chi connectivity index (χ1n) is 9.76. The summed E-state index contributed by atoms with van der Waals surface area (Å²) >= 11 is 4.40. The van der Waals surface area contributed by atoms with Crippen LogP contribution in [0.3, 0.4) is 0 Å². The molecule has 3 nitrogen and oxygen atoms in total. The molecule has 0 bridgehead atoms. The molecule has 0 aromatic rings. The average molecular weight is 391 g/mol. The Labute approximate surface area is 177 Å². The van der Waals surface area contributed by atoms with Crippen LogP contribution < -0.4 is 0 Å². The number of hydrogen-bond acceptors (Lipinski definition) is 2. The Morgan fingerprint density at radius 1 is 0.625 bits per heavy atom. The molecule has 0 atom stereocenters.